The molecule has 0 aliphatic carbocycles. The molecular weight excluding hydrogens is 252 g/mol. The second-order valence-corrected chi connectivity index (χ2v) is 4.98. The van der Waals surface area contributed by atoms with E-state index < -0.39 is 0 Å². The zero-order valence-electron chi connectivity index (χ0n) is 11.7. The number of hydrogen-bond acceptors (Lipinski definition) is 4. The normalized spacial score (nSPS) is 18.6. The highest BCUT2D eigenvalue weighted by Crippen LogP contribution is 2.34. The number of nitrogens with one attached hydrogen (secondary N) is 1. The van der Waals surface area contributed by atoms with Crippen LogP contribution in [0.4, 0.5) is 0 Å². The van der Waals surface area contributed by atoms with Gasteiger partial charge in [-0.1, -0.05) is 18.2 Å². The molecule has 4 heteroatoms. The predicted molar refractivity (Wildman–Crippen MR) is 77.1 cm³/mol. The van der Waals surface area contributed by atoms with E-state index >= 15 is 0 Å². The molecule has 1 aromatic heterocycles. The lowest BCUT2D eigenvalue weighted by molar-refractivity contribution is 0.0637. The van der Waals surface area contributed by atoms with Crippen LogP contribution in [0, 0.1) is 6.92 Å². The average molecular weight is 270 g/mol. The number of rotatable bonds is 3. The van der Waals surface area contributed by atoms with Crippen LogP contribution in [0.25, 0.3) is 0 Å². The molecule has 1 aromatic carbocycles. The van der Waals surface area contributed by atoms with Crippen molar-refractivity contribution in [1.82, 2.24) is 10.3 Å². The summed E-state index contributed by atoms with van der Waals surface area (Å²) < 4.78 is 11.8. The van der Waals surface area contributed by atoms with Gasteiger partial charge in [0.2, 0.25) is 0 Å². The number of para-hydroxylation sites is 2. The first kappa shape index (κ1) is 12.9. The zero-order valence-corrected chi connectivity index (χ0v) is 11.7. The van der Waals surface area contributed by atoms with E-state index in [-0.39, 0.29) is 12.1 Å². The first-order valence-electron chi connectivity index (χ1n) is 6.75. The highest BCUT2D eigenvalue weighted by molar-refractivity contribution is 5.41. The van der Waals surface area contributed by atoms with E-state index in [4.69, 9.17) is 9.47 Å². The molecular formula is C16H18N2O2. The number of fused-ring (bicyclic) bond motifs is 1. The van der Waals surface area contributed by atoms with Gasteiger partial charge in [-0.25, -0.2) is 0 Å². The molecule has 0 amide bonds. The van der Waals surface area contributed by atoms with E-state index in [1.54, 1.807) is 0 Å². The Hall–Kier alpha value is -2.07. The van der Waals surface area contributed by atoms with Gasteiger partial charge in [0.1, 0.15) is 6.61 Å². The van der Waals surface area contributed by atoms with Crippen LogP contribution >= 0.6 is 0 Å². The molecule has 0 saturated carbocycles. The lowest BCUT2D eigenvalue weighted by Crippen LogP contribution is -2.40. The van der Waals surface area contributed by atoms with Crippen LogP contribution < -0.4 is 14.8 Å². The summed E-state index contributed by atoms with van der Waals surface area (Å²) in [4.78, 5) is 4.26. The first-order chi connectivity index (χ1) is 9.78. The summed E-state index contributed by atoms with van der Waals surface area (Å²) in [5.41, 5.74) is 2.25. The SMILES string of the molecule is CNC(c1cncc(C)c1)C1COc2ccccc2O1. The van der Waals surface area contributed by atoms with E-state index in [0.717, 1.165) is 22.6 Å². The Morgan fingerprint density at radius 2 is 2.05 bits per heavy atom. The van der Waals surface area contributed by atoms with Gasteiger partial charge >= 0.3 is 0 Å². The van der Waals surface area contributed by atoms with E-state index in [2.05, 4.69) is 16.4 Å². The maximum Gasteiger partial charge on any atom is 0.161 e. The third-order valence-electron chi connectivity index (χ3n) is 3.47. The number of nitrogens with zero attached hydrogens (tertiary/aromatic N) is 1. The molecule has 0 fully saturated rings. The second-order valence-electron chi connectivity index (χ2n) is 4.98. The summed E-state index contributed by atoms with van der Waals surface area (Å²) >= 11 is 0. The summed E-state index contributed by atoms with van der Waals surface area (Å²) in [5, 5.41) is 3.30. The minimum Gasteiger partial charge on any atom is -0.486 e. The Labute approximate surface area is 118 Å². The third-order valence-corrected chi connectivity index (χ3v) is 3.47. The largest absolute Gasteiger partial charge is 0.486 e. The molecule has 2 atom stereocenters. The molecule has 0 saturated heterocycles. The Kier molecular flexibility index (Phi) is 3.56. The summed E-state index contributed by atoms with van der Waals surface area (Å²) in [7, 11) is 1.93. The van der Waals surface area contributed by atoms with Crippen LogP contribution in [0.2, 0.25) is 0 Å². The smallest absolute Gasteiger partial charge is 0.161 e. The Morgan fingerprint density at radius 3 is 2.80 bits per heavy atom. The Bertz CT molecular complexity index is 601. The number of hydrogen-bond donors (Lipinski definition) is 1. The summed E-state index contributed by atoms with van der Waals surface area (Å²) in [6.45, 7) is 2.56. The van der Waals surface area contributed by atoms with Gasteiger partial charge < -0.3 is 14.8 Å². The molecule has 20 heavy (non-hydrogen) atoms. The van der Waals surface area contributed by atoms with Crippen molar-refractivity contribution in [2.24, 2.45) is 0 Å². The highest BCUT2D eigenvalue weighted by atomic mass is 16.6. The van der Waals surface area contributed by atoms with Gasteiger partial charge in [0.25, 0.3) is 0 Å². The van der Waals surface area contributed by atoms with Crippen LogP contribution in [0.5, 0.6) is 11.5 Å². The van der Waals surface area contributed by atoms with Gasteiger partial charge in [-0.3, -0.25) is 4.98 Å². The van der Waals surface area contributed by atoms with Crippen LogP contribution in [-0.4, -0.2) is 24.7 Å². The minimum absolute atomic E-state index is 0.0516. The fourth-order valence-corrected chi connectivity index (χ4v) is 2.52. The molecule has 1 aliphatic rings. The van der Waals surface area contributed by atoms with Crippen LogP contribution in [0.1, 0.15) is 17.2 Å². The number of aromatic nitrogens is 1. The first-order valence-corrected chi connectivity index (χ1v) is 6.75. The number of aryl methyl sites for hydroxylation is 1. The van der Waals surface area contributed by atoms with Crippen molar-refractivity contribution in [3.8, 4) is 11.5 Å². The topological polar surface area (TPSA) is 43.4 Å². The molecule has 3 rings (SSSR count). The third kappa shape index (κ3) is 2.47. The minimum atomic E-state index is -0.0708. The van der Waals surface area contributed by atoms with Gasteiger partial charge in [-0.2, -0.15) is 0 Å². The van der Waals surface area contributed by atoms with Crippen molar-refractivity contribution in [3.05, 3.63) is 53.9 Å². The Balaban J connectivity index is 1.85. The van der Waals surface area contributed by atoms with Crippen molar-refractivity contribution < 1.29 is 9.47 Å². The van der Waals surface area contributed by atoms with E-state index in [1.165, 1.54) is 0 Å². The number of benzene rings is 1. The van der Waals surface area contributed by atoms with Crippen LogP contribution in [-0.2, 0) is 0 Å². The van der Waals surface area contributed by atoms with Crippen molar-refractivity contribution >= 4 is 0 Å². The Morgan fingerprint density at radius 1 is 1.25 bits per heavy atom. The molecule has 0 radical (unpaired) electrons. The lowest BCUT2D eigenvalue weighted by atomic mass is 10.0. The standard InChI is InChI=1S/C16H18N2O2/c1-11-7-12(9-18-8-11)16(17-2)15-10-19-13-5-3-4-6-14(13)20-15/h3-9,15-17H,10H2,1-2H3. The molecule has 2 heterocycles. The molecule has 0 spiro atoms. The fourth-order valence-electron chi connectivity index (χ4n) is 2.52. The zero-order chi connectivity index (χ0) is 13.9. The van der Waals surface area contributed by atoms with Crippen molar-refractivity contribution in [2.45, 2.75) is 19.1 Å². The molecule has 0 bridgehead atoms. The maximum atomic E-state index is 6.06. The van der Waals surface area contributed by atoms with Crippen molar-refractivity contribution in [3.63, 3.8) is 0 Å². The monoisotopic (exact) mass is 270 g/mol. The number of pyridine rings is 1. The quantitative estimate of drug-likeness (QED) is 0.930. The highest BCUT2D eigenvalue weighted by Gasteiger charge is 2.29. The van der Waals surface area contributed by atoms with Gasteiger partial charge in [-0.15, -0.1) is 0 Å². The maximum absolute atomic E-state index is 6.06. The molecule has 104 valence electrons. The van der Waals surface area contributed by atoms with Gasteiger partial charge in [0, 0.05) is 12.4 Å². The van der Waals surface area contributed by atoms with E-state index in [1.807, 2.05) is 50.6 Å². The van der Waals surface area contributed by atoms with Crippen molar-refractivity contribution in [2.75, 3.05) is 13.7 Å². The van der Waals surface area contributed by atoms with E-state index in [0.29, 0.717) is 6.61 Å². The molecule has 4 nitrogen and oxygen atoms in total. The van der Waals surface area contributed by atoms with Crippen molar-refractivity contribution in [1.29, 1.82) is 0 Å². The van der Waals surface area contributed by atoms with E-state index in [9.17, 15) is 0 Å². The molecule has 1 N–H and O–H groups in total. The summed E-state index contributed by atoms with van der Waals surface area (Å²) in [6.07, 6.45) is 3.65. The molecule has 2 aromatic rings. The average Bonchev–Trinajstić information content (AvgIpc) is 2.48. The lowest BCUT2D eigenvalue weighted by Gasteiger charge is -2.32. The van der Waals surface area contributed by atoms with Crippen LogP contribution in [0.3, 0.4) is 0 Å². The summed E-state index contributed by atoms with van der Waals surface area (Å²) in [5.74, 6) is 1.60. The van der Waals surface area contributed by atoms with Gasteiger partial charge in [-0.05, 0) is 37.2 Å². The predicted octanol–water partition coefficient (Wildman–Crippen LogP) is 2.49. The van der Waals surface area contributed by atoms with Gasteiger partial charge in [0.15, 0.2) is 17.6 Å². The number of likely N-dealkylation sites (N-methyl/N-ethyl adjacent to an activating group) is 1. The van der Waals surface area contributed by atoms with Gasteiger partial charge in [0.05, 0.1) is 6.04 Å². The fraction of sp³-hybridized carbons (Fsp3) is 0.312. The molecule has 1 aliphatic heterocycles. The second kappa shape index (κ2) is 5.51. The van der Waals surface area contributed by atoms with Crippen LogP contribution in [0.15, 0.2) is 42.7 Å². The molecule has 2 unspecified atom stereocenters. The summed E-state index contributed by atoms with van der Waals surface area (Å²) in [6, 6.07) is 9.93. The number of ether oxygens (including phenoxy) is 2.